The van der Waals surface area contributed by atoms with Crippen LogP contribution < -0.4 is 14.4 Å². The SMILES string of the molecule is Cc1ccc(S(=O)(=O)N(Cc2ccccc2)c2ccc(OCC(O)CNC(C)(C)COCc3ccccc3)c(C#N)c2)cc1. The van der Waals surface area contributed by atoms with Crippen LogP contribution in [0.2, 0.25) is 0 Å². The standard InChI is InChI=1S/C35H39N3O5S/c1-27-14-17-33(18-15-27)44(40,41)38(23-28-10-6-4-7-11-28)31-16-19-34(30(20-31)21-36)43-25-32(39)22-37-35(2,3)26-42-24-29-12-8-5-9-13-29/h4-20,32,37,39H,22-26H2,1-3H3. The Labute approximate surface area is 260 Å². The lowest BCUT2D eigenvalue weighted by atomic mass is 10.1. The molecule has 4 aromatic carbocycles. The molecular weight excluding hydrogens is 574 g/mol. The Morgan fingerprint density at radius 2 is 1.57 bits per heavy atom. The van der Waals surface area contributed by atoms with E-state index in [4.69, 9.17) is 9.47 Å². The lowest BCUT2D eigenvalue weighted by Crippen LogP contribution is -2.47. The maximum Gasteiger partial charge on any atom is 0.264 e. The highest BCUT2D eigenvalue weighted by atomic mass is 32.2. The minimum absolute atomic E-state index is 0.0582. The number of sulfonamides is 1. The van der Waals surface area contributed by atoms with Gasteiger partial charge in [-0.3, -0.25) is 4.31 Å². The summed E-state index contributed by atoms with van der Waals surface area (Å²) in [5.74, 6) is 0.258. The first kappa shape index (κ1) is 32.7. The summed E-state index contributed by atoms with van der Waals surface area (Å²) in [6, 6.07) is 32.7. The Bertz CT molecular complexity index is 1640. The predicted octanol–water partition coefficient (Wildman–Crippen LogP) is 5.59. The van der Waals surface area contributed by atoms with Crippen molar-refractivity contribution in [3.8, 4) is 11.8 Å². The zero-order valence-corrected chi connectivity index (χ0v) is 26.1. The first-order valence-corrected chi connectivity index (χ1v) is 15.9. The highest BCUT2D eigenvalue weighted by Gasteiger charge is 2.26. The zero-order chi connectivity index (χ0) is 31.6. The fraction of sp³-hybridized carbons (Fsp3) is 0.286. The van der Waals surface area contributed by atoms with Crippen molar-refractivity contribution < 1.29 is 23.0 Å². The number of rotatable bonds is 15. The van der Waals surface area contributed by atoms with Crippen LogP contribution in [-0.4, -0.2) is 44.9 Å². The molecule has 9 heteroatoms. The van der Waals surface area contributed by atoms with Crippen LogP contribution in [0.15, 0.2) is 108 Å². The zero-order valence-electron chi connectivity index (χ0n) is 25.3. The van der Waals surface area contributed by atoms with Gasteiger partial charge < -0.3 is 19.9 Å². The van der Waals surface area contributed by atoms with Crippen molar-refractivity contribution in [2.45, 2.75) is 50.5 Å². The van der Waals surface area contributed by atoms with Gasteiger partial charge in [0.1, 0.15) is 24.5 Å². The van der Waals surface area contributed by atoms with E-state index in [1.165, 1.54) is 10.4 Å². The number of aryl methyl sites for hydroxylation is 1. The summed E-state index contributed by atoms with van der Waals surface area (Å²) in [5.41, 5.74) is 2.94. The molecule has 0 aliphatic heterocycles. The molecule has 0 heterocycles. The number of hydrogen-bond acceptors (Lipinski definition) is 7. The van der Waals surface area contributed by atoms with Gasteiger partial charge in [-0.1, -0.05) is 78.4 Å². The number of nitrogens with zero attached hydrogens (tertiary/aromatic N) is 2. The second-order valence-corrected chi connectivity index (χ2v) is 13.2. The third-order valence-corrected chi connectivity index (χ3v) is 8.76. The smallest absolute Gasteiger partial charge is 0.264 e. The lowest BCUT2D eigenvalue weighted by molar-refractivity contribution is 0.0551. The number of hydrogen-bond donors (Lipinski definition) is 2. The van der Waals surface area contributed by atoms with Crippen LogP contribution in [0, 0.1) is 18.3 Å². The number of ether oxygens (including phenoxy) is 2. The summed E-state index contributed by atoms with van der Waals surface area (Å²) >= 11 is 0. The van der Waals surface area contributed by atoms with E-state index in [0.717, 1.165) is 16.7 Å². The average molecular weight is 614 g/mol. The summed E-state index contributed by atoms with van der Waals surface area (Å²) in [5, 5.41) is 23.8. The minimum atomic E-state index is -3.95. The third kappa shape index (κ3) is 9.15. The molecule has 0 fully saturated rings. The maximum absolute atomic E-state index is 13.8. The van der Waals surface area contributed by atoms with E-state index in [-0.39, 0.29) is 41.4 Å². The molecule has 0 radical (unpaired) electrons. The molecule has 0 spiro atoms. The molecule has 1 unspecified atom stereocenters. The van der Waals surface area contributed by atoms with E-state index >= 15 is 0 Å². The highest BCUT2D eigenvalue weighted by molar-refractivity contribution is 7.92. The molecule has 0 aromatic heterocycles. The highest BCUT2D eigenvalue weighted by Crippen LogP contribution is 2.30. The van der Waals surface area contributed by atoms with Crippen LogP contribution in [0.4, 0.5) is 5.69 Å². The van der Waals surface area contributed by atoms with Crippen LogP contribution in [0.5, 0.6) is 5.75 Å². The molecule has 0 aliphatic carbocycles. The number of benzene rings is 4. The van der Waals surface area contributed by atoms with Crippen molar-refractivity contribution >= 4 is 15.7 Å². The quantitative estimate of drug-likeness (QED) is 0.180. The molecule has 2 N–H and O–H groups in total. The van der Waals surface area contributed by atoms with Crippen LogP contribution in [0.3, 0.4) is 0 Å². The second kappa shape index (κ2) is 15.0. The Kier molecular flexibility index (Phi) is 11.1. The van der Waals surface area contributed by atoms with Crippen molar-refractivity contribution in [1.82, 2.24) is 5.32 Å². The van der Waals surface area contributed by atoms with E-state index in [2.05, 4.69) is 11.4 Å². The molecule has 0 amide bonds. The van der Waals surface area contributed by atoms with Gasteiger partial charge in [0.15, 0.2) is 0 Å². The molecule has 0 saturated heterocycles. The summed E-state index contributed by atoms with van der Waals surface area (Å²) in [6.45, 7) is 7.09. The average Bonchev–Trinajstić information content (AvgIpc) is 3.02. The van der Waals surface area contributed by atoms with E-state index in [1.807, 2.05) is 81.4 Å². The van der Waals surface area contributed by atoms with Gasteiger partial charge in [0, 0.05) is 12.1 Å². The Morgan fingerprint density at radius 1 is 0.932 bits per heavy atom. The van der Waals surface area contributed by atoms with Gasteiger partial charge in [-0.05, 0) is 62.2 Å². The summed E-state index contributed by atoms with van der Waals surface area (Å²) in [4.78, 5) is 0.155. The van der Waals surface area contributed by atoms with Gasteiger partial charge in [0.2, 0.25) is 0 Å². The number of anilines is 1. The number of aliphatic hydroxyl groups excluding tert-OH is 1. The Morgan fingerprint density at radius 3 is 2.20 bits per heavy atom. The van der Waals surface area contributed by atoms with E-state index < -0.39 is 16.1 Å². The van der Waals surface area contributed by atoms with Crippen LogP contribution in [0.1, 0.15) is 36.1 Å². The van der Waals surface area contributed by atoms with E-state index in [1.54, 1.807) is 36.4 Å². The molecule has 1 atom stereocenters. The van der Waals surface area contributed by atoms with Crippen molar-refractivity contribution in [3.63, 3.8) is 0 Å². The number of nitriles is 1. The summed E-state index contributed by atoms with van der Waals surface area (Å²) in [6.07, 6.45) is -0.855. The molecule has 0 aliphatic rings. The van der Waals surface area contributed by atoms with Gasteiger partial charge in [-0.15, -0.1) is 0 Å². The number of aliphatic hydroxyl groups is 1. The van der Waals surface area contributed by atoms with Gasteiger partial charge in [-0.25, -0.2) is 8.42 Å². The molecule has 0 bridgehead atoms. The second-order valence-electron chi connectivity index (χ2n) is 11.3. The van der Waals surface area contributed by atoms with Gasteiger partial charge in [-0.2, -0.15) is 5.26 Å². The van der Waals surface area contributed by atoms with Crippen molar-refractivity contribution in [3.05, 3.63) is 125 Å². The Hall–Kier alpha value is -4.20. The van der Waals surface area contributed by atoms with Gasteiger partial charge >= 0.3 is 0 Å². The fourth-order valence-electron chi connectivity index (χ4n) is 4.48. The van der Waals surface area contributed by atoms with Crippen LogP contribution >= 0.6 is 0 Å². The third-order valence-electron chi connectivity index (χ3n) is 6.97. The lowest BCUT2D eigenvalue weighted by Gasteiger charge is -2.28. The topological polar surface area (TPSA) is 112 Å². The molecule has 8 nitrogen and oxygen atoms in total. The molecule has 4 rings (SSSR count). The predicted molar refractivity (Wildman–Crippen MR) is 172 cm³/mol. The maximum atomic E-state index is 13.8. The number of nitrogens with one attached hydrogen (secondary N) is 1. The molecule has 44 heavy (non-hydrogen) atoms. The first-order chi connectivity index (χ1) is 21.1. The first-order valence-electron chi connectivity index (χ1n) is 14.4. The van der Waals surface area contributed by atoms with Crippen molar-refractivity contribution in [1.29, 1.82) is 5.26 Å². The van der Waals surface area contributed by atoms with Gasteiger partial charge in [0.25, 0.3) is 10.0 Å². The fourth-order valence-corrected chi connectivity index (χ4v) is 5.92. The minimum Gasteiger partial charge on any atom is -0.489 e. The summed E-state index contributed by atoms with van der Waals surface area (Å²) < 4.78 is 40.6. The van der Waals surface area contributed by atoms with Gasteiger partial charge in [0.05, 0.1) is 35.9 Å². The monoisotopic (exact) mass is 613 g/mol. The normalized spacial score (nSPS) is 12.3. The Balaban J connectivity index is 1.42. The molecule has 0 saturated carbocycles. The van der Waals surface area contributed by atoms with E-state index in [0.29, 0.717) is 18.9 Å². The molecular formula is C35H39N3O5S. The van der Waals surface area contributed by atoms with Crippen LogP contribution in [-0.2, 0) is 27.9 Å². The van der Waals surface area contributed by atoms with Crippen molar-refractivity contribution in [2.24, 2.45) is 0 Å². The molecule has 4 aromatic rings. The van der Waals surface area contributed by atoms with Crippen molar-refractivity contribution in [2.75, 3.05) is 24.1 Å². The number of β-amino-alcohol motifs (C(OH)–C–C–N with tert-alkyl or cyclic N) is 1. The molecule has 230 valence electrons. The van der Waals surface area contributed by atoms with E-state index in [9.17, 15) is 18.8 Å². The van der Waals surface area contributed by atoms with Crippen LogP contribution in [0.25, 0.3) is 0 Å². The largest absolute Gasteiger partial charge is 0.489 e. The summed E-state index contributed by atoms with van der Waals surface area (Å²) in [7, 11) is -3.95.